The first-order valence-corrected chi connectivity index (χ1v) is 9.22. The Kier molecular flexibility index (Phi) is 6.58. The lowest BCUT2D eigenvalue weighted by Gasteiger charge is -2.28. The van der Waals surface area contributed by atoms with Crippen LogP contribution >= 0.6 is 0 Å². The minimum atomic E-state index is -0.0629. The van der Waals surface area contributed by atoms with E-state index in [4.69, 9.17) is 4.74 Å². The minimum absolute atomic E-state index is 0.00313. The largest absolute Gasteiger partial charge is 0.370 e. The molecule has 0 saturated carbocycles. The van der Waals surface area contributed by atoms with Crippen LogP contribution in [-0.4, -0.2) is 38.8 Å². The molecular formula is C22H27N2O2+. The van der Waals surface area contributed by atoms with Crippen LogP contribution in [0.2, 0.25) is 0 Å². The Morgan fingerprint density at radius 1 is 1.12 bits per heavy atom. The second kappa shape index (κ2) is 9.32. The number of aryl methyl sites for hydroxylation is 1. The normalized spacial score (nSPS) is 16.5. The topological polar surface area (TPSA) is 42.8 Å². The Bertz CT molecular complexity index is 720. The zero-order valence-corrected chi connectivity index (χ0v) is 15.3. The molecule has 136 valence electrons. The van der Waals surface area contributed by atoms with E-state index in [-0.39, 0.29) is 11.9 Å². The van der Waals surface area contributed by atoms with Crippen molar-refractivity contribution in [3.8, 4) is 0 Å². The van der Waals surface area contributed by atoms with Gasteiger partial charge in [-0.15, -0.1) is 0 Å². The average molecular weight is 351 g/mol. The van der Waals surface area contributed by atoms with Gasteiger partial charge in [0.2, 0.25) is 5.91 Å². The van der Waals surface area contributed by atoms with Gasteiger partial charge >= 0.3 is 0 Å². The van der Waals surface area contributed by atoms with E-state index in [1.165, 1.54) is 10.5 Å². The second-order valence-electron chi connectivity index (χ2n) is 6.78. The molecule has 0 aromatic heterocycles. The number of nitrogens with one attached hydrogen (secondary N) is 2. The van der Waals surface area contributed by atoms with Crippen LogP contribution in [0, 0.1) is 6.92 Å². The number of ether oxygens (including phenoxy) is 1. The molecule has 1 atom stereocenters. The molecule has 3 rings (SSSR count). The maximum absolute atomic E-state index is 12.5. The number of hydrogen-bond acceptors (Lipinski definition) is 2. The number of quaternary nitrogens is 1. The average Bonchev–Trinajstić information content (AvgIpc) is 2.68. The number of morpholine rings is 1. The van der Waals surface area contributed by atoms with Gasteiger partial charge in [0.05, 0.1) is 13.2 Å². The molecule has 0 bridgehead atoms. The van der Waals surface area contributed by atoms with Crippen molar-refractivity contribution >= 4 is 12.0 Å². The molecule has 1 aliphatic heterocycles. The summed E-state index contributed by atoms with van der Waals surface area (Å²) in [5, 5.41) is 3.18. The molecule has 1 saturated heterocycles. The number of carbonyl (C=O) groups excluding carboxylic acids is 1. The Labute approximate surface area is 155 Å². The maximum atomic E-state index is 12.5. The van der Waals surface area contributed by atoms with Crippen molar-refractivity contribution in [1.82, 2.24) is 5.32 Å². The fourth-order valence-electron chi connectivity index (χ4n) is 3.16. The lowest BCUT2D eigenvalue weighted by molar-refractivity contribution is -0.909. The van der Waals surface area contributed by atoms with Crippen LogP contribution in [-0.2, 0) is 9.53 Å². The second-order valence-corrected chi connectivity index (χ2v) is 6.78. The van der Waals surface area contributed by atoms with Crippen molar-refractivity contribution in [1.29, 1.82) is 0 Å². The molecule has 2 N–H and O–H groups in total. The van der Waals surface area contributed by atoms with Gasteiger partial charge in [0, 0.05) is 6.08 Å². The third kappa shape index (κ3) is 5.55. The number of rotatable bonds is 6. The summed E-state index contributed by atoms with van der Waals surface area (Å²) in [5.74, 6) is -0.0629. The van der Waals surface area contributed by atoms with Crippen molar-refractivity contribution in [2.75, 3.05) is 32.8 Å². The number of carbonyl (C=O) groups is 1. The molecule has 4 heteroatoms. The van der Waals surface area contributed by atoms with Crippen LogP contribution in [0.25, 0.3) is 6.08 Å². The van der Waals surface area contributed by atoms with Gasteiger partial charge in [0.15, 0.2) is 0 Å². The van der Waals surface area contributed by atoms with E-state index >= 15 is 0 Å². The first-order valence-electron chi connectivity index (χ1n) is 9.22. The van der Waals surface area contributed by atoms with Gasteiger partial charge in [-0.2, -0.15) is 0 Å². The van der Waals surface area contributed by atoms with E-state index in [1.54, 1.807) is 6.08 Å². The van der Waals surface area contributed by atoms with E-state index in [9.17, 15) is 4.79 Å². The first-order chi connectivity index (χ1) is 12.7. The minimum Gasteiger partial charge on any atom is -0.370 e. The van der Waals surface area contributed by atoms with Gasteiger partial charge in [0.1, 0.15) is 25.7 Å². The van der Waals surface area contributed by atoms with Crippen LogP contribution in [0.5, 0.6) is 0 Å². The van der Waals surface area contributed by atoms with Crippen molar-refractivity contribution in [2.24, 2.45) is 0 Å². The van der Waals surface area contributed by atoms with Crippen LogP contribution in [0.4, 0.5) is 0 Å². The molecule has 1 aliphatic rings. The summed E-state index contributed by atoms with van der Waals surface area (Å²) >= 11 is 0. The van der Waals surface area contributed by atoms with Gasteiger partial charge in [-0.05, 0) is 24.1 Å². The Morgan fingerprint density at radius 3 is 2.50 bits per heavy atom. The zero-order valence-electron chi connectivity index (χ0n) is 15.3. The van der Waals surface area contributed by atoms with Gasteiger partial charge in [-0.1, -0.05) is 60.2 Å². The van der Waals surface area contributed by atoms with Crippen LogP contribution in [0.15, 0.2) is 60.7 Å². The summed E-state index contributed by atoms with van der Waals surface area (Å²) in [4.78, 5) is 13.9. The number of benzene rings is 2. The van der Waals surface area contributed by atoms with E-state index in [1.807, 2.05) is 36.4 Å². The van der Waals surface area contributed by atoms with Crippen molar-refractivity contribution in [2.45, 2.75) is 13.0 Å². The van der Waals surface area contributed by atoms with Crippen molar-refractivity contribution in [3.05, 3.63) is 77.4 Å². The van der Waals surface area contributed by atoms with Gasteiger partial charge < -0.3 is 15.0 Å². The molecular weight excluding hydrogens is 324 g/mol. The van der Waals surface area contributed by atoms with E-state index in [2.05, 4.69) is 36.5 Å². The SMILES string of the molecule is Cc1ccc([C@H](C[NH+]2CCOCC2)NC(=O)/C=C/c2ccccc2)cc1. The molecule has 1 amide bonds. The molecule has 2 aromatic carbocycles. The molecule has 0 aliphatic carbocycles. The quantitative estimate of drug-likeness (QED) is 0.779. The number of amides is 1. The lowest BCUT2D eigenvalue weighted by Crippen LogP contribution is -3.14. The monoisotopic (exact) mass is 351 g/mol. The molecule has 0 radical (unpaired) electrons. The highest BCUT2D eigenvalue weighted by molar-refractivity contribution is 5.92. The highest BCUT2D eigenvalue weighted by atomic mass is 16.5. The van der Waals surface area contributed by atoms with Crippen molar-refractivity contribution in [3.63, 3.8) is 0 Å². The van der Waals surface area contributed by atoms with E-state index in [0.29, 0.717) is 0 Å². The first kappa shape index (κ1) is 18.4. The van der Waals surface area contributed by atoms with Crippen LogP contribution in [0.3, 0.4) is 0 Å². The molecule has 4 nitrogen and oxygen atoms in total. The predicted molar refractivity (Wildman–Crippen MR) is 104 cm³/mol. The maximum Gasteiger partial charge on any atom is 0.244 e. The highest BCUT2D eigenvalue weighted by Crippen LogP contribution is 2.13. The van der Waals surface area contributed by atoms with Gasteiger partial charge in [-0.25, -0.2) is 0 Å². The van der Waals surface area contributed by atoms with Gasteiger partial charge in [0.25, 0.3) is 0 Å². The fraction of sp³-hybridized carbons (Fsp3) is 0.318. The summed E-state index contributed by atoms with van der Waals surface area (Å²) in [5.41, 5.74) is 3.39. The van der Waals surface area contributed by atoms with Crippen LogP contribution < -0.4 is 10.2 Å². The fourth-order valence-corrected chi connectivity index (χ4v) is 3.16. The highest BCUT2D eigenvalue weighted by Gasteiger charge is 2.22. The summed E-state index contributed by atoms with van der Waals surface area (Å²) < 4.78 is 5.45. The molecule has 2 aromatic rings. The third-order valence-corrected chi connectivity index (χ3v) is 4.72. The van der Waals surface area contributed by atoms with Gasteiger partial charge in [-0.3, -0.25) is 4.79 Å². The van der Waals surface area contributed by atoms with E-state index in [0.717, 1.165) is 44.0 Å². The smallest absolute Gasteiger partial charge is 0.244 e. The predicted octanol–water partition coefficient (Wildman–Crippen LogP) is 1.78. The Morgan fingerprint density at radius 2 is 1.81 bits per heavy atom. The molecule has 26 heavy (non-hydrogen) atoms. The Hall–Kier alpha value is -2.43. The summed E-state index contributed by atoms with van der Waals surface area (Å²) in [6, 6.07) is 18.3. The third-order valence-electron chi connectivity index (χ3n) is 4.72. The molecule has 0 spiro atoms. The summed E-state index contributed by atoms with van der Waals surface area (Å²) in [7, 11) is 0. The standard InChI is InChI=1S/C22H26N2O2/c1-18-7-10-20(11-8-18)21(17-24-13-15-26-16-14-24)23-22(25)12-9-19-5-3-2-4-6-19/h2-12,21H,13-17H2,1H3,(H,23,25)/p+1/b12-9+/t21-/m0/s1. The molecule has 0 unspecified atom stereocenters. The molecule has 1 heterocycles. The lowest BCUT2D eigenvalue weighted by atomic mass is 10.0. The van der Waals surface area contributed by atoms with E-state index < -0.39 is 0 Å². The summed E-state index contributed by atoms with van der Waals surface area (Å²) in [6.07, 6.45) is 3.47. The summed E-state index contributed by atoms with van der Waals surface area (Å²) in [6.45, 7) is 6.50. The Balaban J connectivity index is 1.68. The van der Waals surface area contributed by atoms with Crippen LogP contribution in [0.1, 0.15) is 22.7 Å². The number of hydrogen-bond donors (Lipinski definition) is 2. The zero-order chi connectivity index (χ0) is 18.2. The van der Waals surface area contributed by atoms with Crippen molar-refractivity contribution < 1.29 is 14.4 Å². The molecule has 1 fully saturated rings.